The first-order valence-corrected chi connectivity index (χ1v) is 7.89. The molecular formula is C13H21ClN4OS. The number of quaternary nitrogens is 1. The average molecular weight is 317 g/mol. The predicted octanol–water partition coefficient (Wildman–Crippen LogP) is -2.62. The number of hydrogen-bond acceptors (Lipinski definition) is 3. The Kier molecular flexibility index (Phi) is 6.58. The third kappa shape index (κ3) is 3.56. The number of likely N-dealkylation sites (N-methyl/N-ethyl adjacent to an activating group) is 1. The van der Waals surface area contributed by atoms with E-state index in [2.05, 4.69) is 23.8 Å². The number of thioether (sulfide) groups is 1. The molecule has 20 heavy (non-hydrogen) atoms. The molecule has 0 bridgehead atoms. The zero-order valence-electron chi connectivity index (χ0n) is 12.1. The molecule has 2 N–H and O–H groups in total. The normalized spacial score (nSPS) is 11.0. The smallest absolute Gasteiger partial charge is 0.327 e. The number of rotatable bonds is 6. The molecule has 112 valence electrons. The summed E-state index contributed by atoms with van der Waals surface area (Å²) in [5.41, 5.74) is 1.52. The number of nitrogens with one attached hydrogen (secondary N) is 2. The minimum Gasteiger partial charge on any atom is -1.00 e. The highest BCUT2D eigenvalue weighted by atomic mass is 35.5. The standard InChI is InChI=1S/C13H20N4OS.ClH/c1-4-16(5-2)8-9-17-12-10(14-13(17)18)6-7-11(15-12)19-3;/h6-7H,4-5,8-9H2,1-3H3,(H,14,18);1H. The lowest BCUT2D eigenvalue weighted by Gasteiger charge is -2.15. The Balaban J connectivity index is 0.00000200. The number of fused-ring (bicyclic) bond motifs is 1. The van der Waals surface area contributed by atoms with Crippen LogP contribution in [0.4, 0.5) is 0 Å². The summed E-state index contributed by atoms with van der Waals surface area (Å²) >= 11 is 1.59. The van der Waals surface area contributed by atoms with Gasteiger partial charge in [-0.3, -0.25) is 4.57 Å². The van der Waals surface area contributed by atoms with Gasteiger partial charge in [-0.05, 0) is 32.2 Å². The highest BCUT2D eigenvalue weighted by Gasteiger charge is 2.11. The Morgan fingerprint density at radius 1 is 1.35 bits per heavy atom. The summed E-state index contributed by atoms with van der Waals surface area (Å²) in [6.07, 6.45) is 1.99. The number of aromatic amines is 1. The van der Waals surface area contributed by atoms with Crippen molar-refractivity contribution in [2.75, 3.05) is 25.9 Å². The van der Waals surface area contributed by atoms with Crippen LogP contribution < -0.4 is 23.0 Å². The molecule has 0 atom stereocenters. The fraction of sp³-hybridized carbons (Fsp3) is 0.538. The van der Waals surface area contributed by atoms with E-state index in [4.69, 9.17) is 0 Å². The van der Waals surface area contributed by atoms with Crippen LogP contribution in [0.1, 0.15) is 13.8 Å². The third-order valence-corrected chi connectivity index (χ3v) is 4.14. The number of halogens is 1. The summed E-state index contributed by atoms with van der Waals surface area (Å²) in [7, 11) is 0. The maximum Gasteiger partial charge on any atom is 0.327 e. The van der Waals surface area contributed by atoms with E-state index in [9.17, 15) is 4.79 Å². The molecule has 2 aromatic heterocycles. The van der Waals surface area contributed by atoms with Gasteiger partial charge in [0.2, 0.25) is 0 Å². The van der Waals surface area contributed by atoms with E-state index in [1.54, 1.807) is 16.3 Å². The first-order valence-electron chi connectivity index (χ1n) is 6.66. The van der Waals surface area contributed by atoms with Crippen molar-refractivity contribution in [1.82, 2.24) is 14.5 Å². The van der Waals surface area contributed by atoms with Gasteiger partial charge in [0.05, 0.1) is 36.7 Å². The van der Waals surface area contributed by atoms with Crippen molar-refractivity contribution in [2.24, 2.45) is 0 Å². The first kappa shape index (κ1) is 17.1. The molecule has 7 heteroatoms. The minimum absolute atomic E-state index is 0. The molecule has 0 saturated heterocycles. The Morgan fingerprint density at radius 3 is 2.65 bits per heavy atom. The van der Waals surface area contributed by atoms with Crippen LogP contribution in [0.15, 0.2) is 22.0 Å². The van der Waals surface area contributed by atoms with Crippen molar-refractivity contribution >= 4 is 22.9 Å². The molecule has 0 saturated carbocycles. The summed E-state index contributed by atoms with van der Waals surface area (Å²) < 4.78 is 1.75. The van der Waals surface area contributed by atoms with Crippen molar-refractivity contribution in [3.8, 4) is 0 Å². The maximum atomic E-state index is 12.0. The van der Waals surface area contributed by atoms with Crippen LogP contribution >= 0.6 is 11.8 Å². The second kappa shape index (κ2) is 7.71. The van der Waals surface area contributed by atoms with E-state index < -0.39 is 0 Å². The Morgan fingerprint density at radius 2 is 2.05 bits per heavy atom. The van der Waals surface area contributed by atoms with Crippen molar-refractivity contribution in [2.45, 2.75) is 25.4 Å². The lowest BCUT2D eigenvalue weighted by Crippen LogP contribution is -3.11. The van der Waals surface area contributed by atoms with Crippen LogP contribution in [0, 0.1) is 0 Å². The third-order valence-electron chi connectivity index (χ3n) is 3.49. The molecule has 0 aliphatic heterocycles. The quantitative estimate of drug-likeness (QED) is 0.574. The number of hydrogen-bond donors (Lipinski definition) is 2. The monoisotopic (exact) mass is 316 g/mol. The van der Waals surface area contributed by atoms with Gasteiger partial charge in [0.1, 0.15) is 0 Å². The molecule has 0 spiro atoms. The summed E-state index contributed by atoms with van der Waals surface area (Å²) in [5, 5.41) is 0.940. The summed E-state index contributed by atoms with van der Waals surface area (Å²) in [6, 6.07) is 3.86. The van der Waals surface area contributed by atoms with Gasteiger partial charge in [0, 0.05) is 0 Å². The van der Waals surface area contributed by atoms with E-state index in [1.807, 2.05) is 18.4 Å². The van der Waals surface area contributed by atoms with Gasteiger partial charge in [-0.15, -0.1) is 11.8 Å². The molecule has 2 heterocycles. The van der Waals surface area contributed by atoms with E-state index >= 15 is 0 Å². The van der Waals surface area contributed by atoms with Crippen LogP contribution in [0.25, 0.3) is 11.2 Å². The SMILES string of the molecule is CC[NH+](CC)CCn1c(=O)[nH]c2ccc(SC)nc21.[Cl-]. The molecular weight excluding hydrogens is 296 g/mol. The molecule has 5 nitrogen and oxygen atoms in total. The van der Waals surface area contributed by atoms with E-state index in [0.717, 1.165) is 35.8 Å². The van der Waals surface area contributed by atoms with Gasteiger partial charge < -0.3 is 22.3 Å². The van der Waals surface area contributed by atoms with Gasteiger partial charge >= 0.3 is 5.69 Å². The van der Waals surface area contributed by atoms with Gasteiger partial charge in [0.25, 0.3) is 0 Å². The number of aromatic nitrogens is 3. The van der Waals surface area contributed by atoms with Gasteiger partial charge in [-0.2, -0.15) is 0 Å². The van der Waals surface area contributed by atoms with Crippen molar-refractivity contribution in [3.63, 3.8) is 0 Å². The Hall–Kier alpha value is -0.980. The minimum atomic E-state index is -0.0627. The molecule has 0 radical (unpaired) electrons. The molecule has 0 unspecified atom stereocenters. The fourth-order valence-electron chi connectivity index (χ4n) is 2.21. The predicted molar refractivity (Wildman–Crippen MR) is 79.0 cm³/mol. The summed E-state index contributed by atoms with van der Waals surface area (Å²) in [6.45, 7) is 8.15. The molecule has 0 aliphatic rings. The van der Waals surface area contributed by atoms with E-state index in [0.29, 0.717) is 6.54 Å². The van der Waals surface area contributed by atoms with Crippen molar-refractivity contribution in [3.05, 3.63) is 22.6 Å². The van der Waals surface area contributed by atoms with Gasteiger partial charge in [0.15, 0.2) is 5.65 Å². The first-order chi connectivity index (χ1) is 9.19. The highest BCUT2D eigenvalue weighted by molar-refractivity contribution is 7.98. The second-order valence-corrected chi connectivity index (χ2v) is 5.34. The average Bonchev–Trinajstić information content (AvgIpc) is 2.75. The van der Waals surface area contributed by atoms with Crippen LogP contribution in [0.2, 0.25) is 0 Å². The summed E-state index contributed by atoms with van der Waals surface area (Å²) in [5.74, 6) is 0. The van der Waals surface area contributed by atoms with Crippen molar-refractivity contribution < 1.29 is 17.3 Å². The molecule has 2 rings (SSSR count). The largest absolute Gasteiger partial charge is 1.00 e. The Bertz CT molecular complexity index is 606. The number of H-pyrrole nitrogens is 1. The summed E-state index contributed by atoms with van der Waals surface area (Å²) in [4.78, 5) is 20.9. The topological polar surface area (TPSA) is 55.1 Å². The van der Waals surface area contributed by atoms with Gasteiger partial charge in [-0.25, -0.2) is 9.78 Å². The number of imidazole rings is 1. The van der Waals surface area contributed by atoms with E-state index in [1.165, 1.54) is 4.90 Å². The molecule has 0 aromatic carbocycles. The van der Waals surface area contributed by atoms with Crippen LogP contribution in [0.5, 0.6) is 0 Å². The Labute approximate surface area is 129 Å². The zero-order chi connectivity index (χ0) is 13.8. The van der Waals surface area contributed by atoms with Crippen molar-refractivity contribution in [1.29, 1.82) is 0 Å². The van der Waals surface area contributed by atoms with Gasteiger partial charge in [-0.1, -0.05) is 0 Å². The van der Waals surface area contributed by atoms with Crippen LogP contribution in [0.3, 0.4) is 0 Å². The second-order valence-electron chi connectivity index (χ2n) is 4.51. The molecule has 2 aromatic rings. The zero-order valence-corrected chi connectivity index (χ0v) is 13.6. The van der Waals surface area contributed by atoms with Crippen LogP contribution in [-0.2, 0) is 6.54 Å². The lowest BCUT2D eigenvalue weighted by atomic mass is 10.4. The molecule has 0 amide bonds. The number of nitrogens with zero attached hydrogens (tertiary/aromatic N) is 2. The molecule has 0 fully saturated rings. The maximum absolute atomic E-state index is 12.0. The molecule has 0 aliphatic carbocycles. The van der Waals surface area contributed by atoms with Crippen LogP contribution in [-0.4, -0.2) is 40.4 Å². The van der Waals surface area contributed by atoms with E-state index in [-0.39, 0.29) is 18.1 Å². The fourth-order valence-corrected chi connectivity index (χ4v) is 2.59. The number of pyridine rings is 1. The highest BCUT2D eigenvalue weighted by Crippen LogP contribution is 2.15. The lowest BCUT2D eigenvalue weighted by molar-refractivity contribution is -0.897.